The Kier molecular flexibility index (Phi) is 2.86. The molecule has 0 aliphatic heterocycles. The molecule has 0 amide bonds. The van der Waals surface area contributed by atoms with E-state index in [9.17, 15) is 13.2 Å². The van der Waals surface area contributed by atoms with Gasteiger partial charge < -0.3 is 10.3 Å². The van der Waals surface area contributed by atoms with Gasteiger partial charge in [-0.3, -0.25) is 4.98 Å². The number of nitrogens with two attached hydrogens (primary N) is 1. The molecule has 0 spiro atoms. The average molecular weight is 292 g/mol. The quantitative estimate of drug-likeness (QED) is 0.700. The summed E-state index contributed by atoms with van der Waals surface area (Å²) in [5, 5.41) is 0. The minimum absolute atomic E-state index is 0.0381. The SMILES string of the molecule is Cn1c(-c2ccc(C(F)(F)F)cc2N)nc2ccncc21. The molecule has 2 aromatic heterocycles. The van der Waals surface area contributed by atoms with E-state index in [1.54, 1.807) is 30.1 Å². The molecule has 3 aromatic rings. The van der Waals surface area contributed by atoms with Crippen molar-refractivity contribution in [1.29, 1.82) is 0 Å². The first-order chi connectivity index (χ1) is 9.88. The second kappa shape index (κ2) is 4.47. The van der Waals surface area contributed by atoms with Gasteiger partial charge in [0.05, 0.1) is 22.8 Å². The Morgan fingerprint density at radius 1 is 1.19 bits per heavy atom. The first-order valence-electron chi connectivity index (χ1n) is 6.11. The fourth-order valence-corrected chi connectivity index (χ4v) is 2.22. The van der Waals surface area contributed by atoms with E-state index in [-0.39, 0.29) is 5.69 Å². The van der Waals surface area contributed by atoms with E-state index in [2.05, 4.69) is 9.97 Å². The molecule has 0 saturated carbocycles. The number of nitrogen functional groups attached to an aromatic ring is 1. The molecule has 0 atom stereocenters. The van der Waals surface area contributed by atoms with Gasteiger partial charge in [-0.2, -0.15) is 13.2 Å². The monoisotopic (exact) mass is 292 g/mol. The first kappa shape index (κ1) is 13.4. The molecule has 1 aromatic carbocycles. The Morgan fingerprint density at radius 2 is 1.95 bits per heavy atom. The van der Waals surface area contributed by atoms with Crippen molar-refractivity contribution in [3.8, 4) is 11.4 Å². The number of hydrogen-bond donors (Lipinski definition) is 1. The smallest absolute Gasteiger partial charge is 0.398 e. The predicted octanol–water partition coefficient (Wildman–Crippen LogP) is 3.24. The molecule has 21 heavy (non-hydrogen) atoms. The van der Waals surface area contributed by atoms with E-state index >= 15 is 0 Å². The number of benzene rings is 1. The maximum absolute atomic E-state index is 12.7. The number of alkyl halides is 3. The van der Waals surface area contributed by atoms with E-state index in [0.717, 1.165) is 17.6 Å². The average Bonchev–Trinajstić information content (AvgIpc) is 2.75. The Hall–Kier alpha value is -2.57. The van der Waals surface area contributed by atoms with Crippen LogP contribution in [0.4, 0.5) is 18.9 Å². The first-order valence-corrected chi connectivity index (χ1v) is 6.11. The molecule has 7 heteroatoms. The van der Waals surface area contributed by atoms with Crippen LogP contribution in [0, 0.1) is 0 Å². The molecule has 0 radical (unpaired) electrons. The number of halogens is 3. The summed E-state index contributed by atoms with van der Waals surface area (Å²) in [6.45, 7) is 0. The summed E-state index contributed by atoms with van der Waals surface area (Å²) in [7, 11) is 1.77. The summed E-state index contributed by atoms with van der Waals surface area (Å²) in [6, 6.07) is 5.00. The van der Waals surface area contributed by atoms with Crippen LogP contribution in [0.15, 0.2) is 36.7 Å². The van der Waals surface area contributed by atoms with E-state index < -0.39 is 11.7 Å². The summed E-state index contributed by atoms with van der Waals surface area (Å²) in [5.74, 6) is 0.504. The van der Waals surface area contributed by atoms with Gasteiger partial charge in [0.25, 0.3) is 0 Å². The number of aromatic nitrogens is 3. The second-order valence-corrected chi connectivity index (χ2v) is 4.66. The van der Waals surface area contributed by atoms with Crippen LogP contribution < -0.4 is 5.73 Å². The maximum Gasteiger partial charge on any atom is 0.416 e. The molecule has 0 fully saturated rings. The molecular formula is C14H11F3N4. The van der Waals surface area contributed by atoms with Crippen molar-refractivity contribution in [2.75, 3.05) is 5.73 Å². The highest BCUT2D eigenvalue weighted by atomic mass is 19.4. The standard InChI is InChI=1S/C14H11F3N4/c1-21-12-7-19-5-4-11(12)20-13(21)9-3-2-8(6-10(9)18)14(15,16)17/h2-7H,18H2,1H3. The molecule has 0 aliphatic rings. The van der Waals surface area contributed by atoms with Crippen molar-refractivity contribution in [3.05, 3.63) is 42.2 Å². The summed E-state index contributed by atoms with van der Waals surface area (Å²) in [5.41, 5.74) is 6.99. The molecule has 2 heterocycles. The van der Waals surface area contributed by atoms with Gasteiger partial charge in [-0.25, -0.2) is 4.98 Å². The number of anilines is 1. The number of pyridine rings is 1. The molecule has 2 N–H and O–H groups in total. The van der Waals surface area contributed by atoms with E-state index in [1.807, 2.05) is 0 Å². The highest BCUT2D eigenvalue weighted by Crippen LogP contribution is 2.34. The number of rotatable bonds is 1. The normalized spacial score (nSPS) is 12.0. The van der Waals surface area contributed by atoms with Gasteiger partial charge in [0.15, 0.2) is 0 Å². The Morgan fingerprint density at radius 3 is 2.57 bits per heavy atom. The summed E-state index contributed by atoms with van der Waals surface area (Å²) < 4.78 is 39.7. The number of aryl methyl sites for hydroxylation is 1. The van der Waals surface area contributed by atoms with Crippen molar-refractivity contribution >= 4 is 16.7 Å². The van der Waals surface area contributed by atoms with Gasteiger partial charge in [-0.05, 0) is 24.3 Å². The largest absolute Gasteiger partial charge is 0.416 e. The highest BCUT2D eigenvalue weighted by molar-refractivity contribution is 5.83. The fourth-order valence-electron chi connectivity index (χ4n) is 2.22. The van der Waals surface area contributed by atoms with Crippen molar-refractivity contribution in [1.82, 2.24) is 14.5 Å². The van der Waals surface area contributed by atoms with Gasteiger partial charge in [-0.1, -0.05) is 0 Å². The molecule has 0 aliphatic carbocycles. The second-order valence-electron chi connectivity index (χ2n) is 4.66. The van der Waals surface area contributed by atoms with Gasteiger partial charge in [0, 0.05) is 24.5 Å². The van der Waals surface area contributed by atoms with Crippen LogP contribution in [0.3, 0.4) is 0 Å². The molecule has 3 rings (SSSR count). The number of fused-ring (bicyclic) bond motifs is 1. The summed E-state index contributed by atoms with van der Waals surface area (Å²) >= 11 is 0. The summed E-state index contributed by atoms with van der Waals surface area (Å²) in [4.78, 5) is 8.41. The zero-order valence-corrected chi connectivity index (χ0v) is 11.0. The van der Waals surface area contributed by atoms with E-state index in [1.165, 1.54) is 6.07 Å². The van der Waals surface area contributed by atoms with Crippen molar-refractivity contribution in [3.63, 3.8) is 0 Å². The lowest BCUT2D eigenvalue weighted by molar-refractivity contribution is -0.137. The fraction of sp³-hybridized carbons (Fsp3) is 0.143. The molecule has 108 valence electrons. The number of imidazole rings is 1. The lowest BCUT2D eigenvalue weighted by atomic mass is 10.1. The van der Waals surface area contributed by atoms with E-state index in [0.29, 0.717) is 16.9 Å². The van der Waals surface area contributed by atoms with Gasteiger partial charge in [-0.15, -0.1) is 0 Å². The van der Waals surface area contributed by atoms with Crippen LogP contribution in [0.25, 0.3) is 22.4 Å². The minimum Gasteiger partial charge on any atom is -0.398 e. The third-order valence-electron chi connectivity index (χ3n) is 3.30. The minimum atomic E-state index is -4.41. The van der Waals surface area contributed by atoms with Crippen LogP contribution in [0.1, 0.15) is 5.56 Å². The third-order valence-corrected chi connectivity index (χ3v) is 3.30. The van der Waals surface area contributed by atoms with Crippen molar-refractivity contribution in [2.45, 2.75) is 6.18 Å². The van der Waals surface area contributed by atoms with Crippen LogP contribution in [0.2, 0.25) is 0 Å². The molecule has 0 bridgehead atoms. The Bertz CT molecular complexity index is 821. The van der Waals surface area contributed by atoms with Crippen LogP contribution in [-0.4, -0.2) is 14.5 Å². The number of nitrogens with zero attached hydrogens (tertiary/aromatic N) is 3. The van der Waals surface area contributed by atoms with Gasteiger partial charge in [0.2, 0.25) is 0 Å². The third kappa shape index (κ3) is 2.20. The van der Waals surface area contributed by atoms with Gasteiger partial charge in [0.1, 0.15) is 5.82 Å². The Labute approximate surface area is 118 Å². The van der Waals surface area contributed by atoms with Crippen LogP contribution >= 0.6 is 0 Å². The molecule has 0 unspecified atom stereocenters. The molecule has 0 saturated heterocycles. The Balaban J connectivity index is 2.17. The zero-order chi connectivity index (χ0) is 15.2. The lowest BCUT2D eigenvalue weighted by Gasteiger charge is -2.10. The topological polar surface area (TPSA) is 56.7 Å². The van der Waals surface area contributed by atoms with Gasteiger partial charge >= 0.3 is 6.18 Å². The highest BCUT2D eigenvalue weighted by Gasteiger charge is 2.31. The predicted molar refractivity (Wildman–Crippen MR) is 73.4 cm³/mol. The number of hydrogen-bond acceptors (Lipinski definition) is 3. The lowest BCUT2D eigenvalue weighted by Crippen LogP contribution is -2.06. The van der Waals surface area contributed by atoms with E-state index in [4.69, 9.17) is 5.73 Å². The zero-order valence-electron chi connectivity index (χ0n) is 11.0. The van der Waals surface area contributed by atoms with Crippen LogP contribution in [-0.2, 0) is 13.2 Å². The van der Waals surface area contributed by atoms with Crippen LogP contribution in [0.5, 0.6) is 0 Å². The maximum atomic E-state index is 12.7. The molecule has 4 nitrogen and oxygen atoms in total. The van der Waals surface area contributed by atoms with Crippen molar-refractivity contribution < 1.29 is 13.2 Å². The molecular weight excluding hydrogens is 281 g/mol. The van der Waals surface area contributed by atoms with Crippen molar-refractivity contribution in [2.24, 2.45) is 7.05 Å². The summed E-state index contributed by atoms with van der Waals surface area (Å²) in [6.07, 6.45) is -1.16.